The third-order valence-electron chi connectivity index (χ3n) is 4.94. The summed E-state index contributed by atoms with van der Waals surface area (Å²) >= 11 is 0. The zero-order valence-electron chi connectivity index (χ0n) is 16.5. The van der Waals surface area contributed by atoms with Gasteiger partial charge in [-0.1, -0.05) is 54.6 Å². The monoisotopic (exact) mass is 383 g/mol. The van der Waals surface area contributed by atoms with Crippen LogP contribution in [0.1, 0.15) is 22.3 Å². The van der Waals surface area contributed by atoms with E-state index in [1.807, 2.05) is 30.5 Å². The van der Waals surface area contributed by atoms with Crippen LogP contribution in [0.5, 0.6) is 5.75 Å². The van der Waals surface area contributed by atoms with Gasteiger partial charge >= 0.3 is 0 Å². The van der Waals surface area contributed by atoms with Gasteiger partial charge in [-0.15, -0.1) is 0 Å². The number of hydrogen-bond donors (Lipinski definition) is 0. The number of rotatable bonds is 5. The number of fused-ring (bicyclic) bond motifs is 1. The Balaban J connectivity index is 1.71. The van der Waals surface area contributed by atoms with Gasteiger partial charge in [-0.2, -0.15) is 0 Å². The minimum atomic E-state index is -0.249. The molecule has 0 amide bonds. The Bertz CT molecular complexity index is 1180. The van der Waals surface area contributed by atoms with E-state index in [9.17, 15) is 4.39 Å². The third-order valence-corrected chi connectivity index (χ3v) is 4.94. The van der Waals surface area contributed by atoms with Crippen LogP contribution in [0, 0.1) is 19.7 Å². The second kappa shape index (κ2) is 8.27. The first-order valence-corrected chi connectivity index (χ1v) is 9.60. The molecule has 0 saturated heterocycles. The molecule has 4 aromatic carbocycles. The Labute approximate surface area is 170 Å². The van der Waals surface area contributed by atoms with Crippen LogP contribution < -0.4 is 4.74 Å². The van der Waals surface area contributed by atoms with Gasteiger partial charge in [-0.3, -0.25) is 4.99 Å². The Morgan fingerprint density at radius 2 is 1.69 bits per heavy atom. The number of benzene rings is 4. The van der Waals surface area contributed by atoms with E-state index >= 15 is 0 Å². The molecule has 4 aromatic rings. The van der Waals surface area contributed by atoms with Crippen molar-refractivity contribution in [2.75, 3.05) is 0 Å². The van der Waals surface area contributed by atoms with Crippen molar-refractivity contribution in [3.63, 3.8) is 0 Å². The quantitative estimate of drug-likeness (QED) is 0.343. The molecule has 4 rings (SSSR count). The molecule has 0 aliphatic carbocycles. The number of aryl methyl sites for hydroxylation is 2. The molecule has 0 unspecified atom stereocenters. The molecule has 29 heavy (non-hydrogen) atoms. The molecule has 0 atom stereocenters. The van der Waals surface area contributed by atoms with Crippen LogP contribution in [-0.4, -0.2) is 6.21 Å². The van der Waals surface area contributed by atoms with Gasteiger partial charge in [-0.25, -0.2) is 4.39 Å². The van der Waals surface area contributed by atoms with Crippen molar-refractivity contribution < 1.29 is 9.13 Å². The molecule has 0 fully saturated rings. The Kier molecular flexibility index (Phi) is 5.39. The highest BCUT2D eigenvalue weighted by Crippen LogP contribution is 2.29. The summed E-state index contributed by atoms with van der Waals surface area (Å²) in [7, 11) is 0. The van der Waals surface area contributed by atoms with Crippen molar-refractivity contribution in [1.82, 2.24) is 0 Å². The van der Waals surface area contributed by atoms with Crippen molar-refractivity contribution >= 4 is 22.7 Å². The normalized spacial score (nSPS) is 11.3. The molecule has 0 saturated carbocycles. The molecule has 0 radical (unpaired) electrons. The van der Waals surface area contributed by atoms with Crippen LogP contribution in [0.25, 0.3) is 10.8 Å². The fraction of sp³-hybridized carbons (Fsp3) is 0.115. The van der Waals surface area contributed by atoms with Crippen molar-refractivity contribution in [3.8, 4) is 5.75 Å². The first-order chi connectivity index (χ1) is 14.1. The fourth-order valence-corrected chi connectivity index (χ4v) is 3.27. The summed E-state index contributed by atoms with van der Waals surface area (Å²) in [5.41, 5.74) is 5.10. The van der Waals surface area contributed by atoms with E-state index < -0.39 is 0 Å². The van der Waals surface area contributed by atoms with Gasteiger partial charge in [0, 0.05) is 11.8 Å². The summed E-state index contributed by atoms with van der Waals surface area (Å²) in [5, 5.41) is 2.21. The average molecular weight is 383 g/mol. The SMILES string of the molecule is Cc1ccc(C)c(N=Cc2c(OCc3ccc(F)cc3)ccc3ccccc23)c1. The predicted octanol–water partition coefficient (Wildman–Crippen LogP) is 6.93. The number of ether oxygens (including phenoxy) is 1. The lowest BCUT2D eigenvalue weighted by Gasteiger charge is -2.12. The van der Waals surface area contributed by atoms with Crippen LogP contribution in [0.2, 0.25) is 0 Å². The van der Waals surface area contributed by atoms with Gasteiger partial charge < -0.3 is 4.74 Å². The molecule has 0 bridgehead atoms. The molecule has 2 nitrogen and oxygen atoms in total. The highest BCUT2D eigenvalue weighted by atomic mass is 19.1. The lowest BCUT2D eigenvalue weighted by atomic mass is 10.0. The van der Waals surface area contributed by atoms with E-state index in [4.69, 9.17) is 9.73 Å². The molecule has 0 N–H and O–H groups in total. The van der Waals surface area contributed by atoms with Gasteiger partial charge in [0.1, 0.15) is 18.2 Å². The summed E-state index contributed by atoms with van der Waals surface area (Å²) in [6.07, 6.45) is 1.88. The molecule has 0 aliphatic rings. The summed E-state index contributed by atoms with van der Waals surface area (Å²) in [6, 6.07) is 24.8. The van der Waals surface area contributed by atoms with Crippen molar-refractivity contribution in [2.24, 2.45) is 4.99 Å². The van der Waals surface area contributed by atoms with E-state index in [0.717, 1.165) is 38.9 Å². The first kappa shape index (κ1) is 18.9. The van der Waals surface area contributed by atoms with Crippen LogP contribution in [0.4, 0.5) is 10.1 Å². The van der Waals surface area contributed by atoms with Crippen molar-refractivity contribution in [1.29, 1.82) is 0 Å². The number of aliphatic imine (C=N–C) groups is 1. The molecular formula is C26H22FNO. The van der Waals surface area contributed by atoms with Crippen LogP contribution in [-0.2, 0) is 6.61 Å². The van der Waals surface area contributed by atoms with Gasteiger partial charge in [-0.05, 0) is 65.6 Å². The molecule has 3 heteroatoms. The number of hydrogen-bond acceptors (Lipinski definition) is 2. The molecule has 144 valence electrons. The summed E-state index contributed by atoms with van der Waals surface area (Å²) in [6.45, 7) is 4.48. The lowest BCUT2D eigenvalue weighted by molar-refractivity contribution is 0.306. The molecule has 0 spiro atoms. The maximum atomic E-state index is 13.2. The van der Waals surface area contributed by atoms with Gasteiger partial charge in [0.25, 0.3) is 0 Å². The highest BCUT2D eigenvalue weighted by Gasteiger charge is 2.08. The van der Waals surface area contributed by atoms with E-state index in [1.165, 1.54) is 17.7 Å². The predicted molar refractivity (Wildman–Crippen MR) is 118 cm³/mol. The minimum absolute atomic E-state index is 0.249. The molecular weight excluding hydrogens is 361 g/mol. The summed E-state index contributed by atoms with van der Waals surface area (Å²) in [4.78, 5) is 4.76. The zero-order chi connectivity index (χ0) is 20.2. The number of nitrogens with zero attached hydrogens (tertiary/aromatic N) is 1. The second-order valence-electron chi connectivity index (χ2n) is 7.16. The van der Waals surface area contributed by atoms with Gasteiger partial charge in [0.2, 0.25) is 0 Å². The van der Waals surface area contributed by atoms with Crippen LogP contribution >= 0.6 is 0 Å². The van der Waals surface area contributed by atoms with Crippen molar-refractivity contribution in [2.45, 2.75) is 20.5 Å². The zero-order valence-corrected chi connectivity index (χ0v) is 16.5. The second-order valence-corrected chi connectivity index (χ2v) is 7.16. The smallest absolute Gasteiger partial charge is 0.129 e. The van der Waals surface area contributed by atoms with E-state index in [2.05, 4.69) is 44.2 Å². The largest absolute Gasteiger partial charge is 0.488 e. The first-order valence-electron chi connectivity index (χ1n) is 9.60. The lowest BCUT2D eigenvalue weighted by Crippen LogP contribution is -1.99. The van der Waals surface area contributed by atoms with Crippen molar-refractivity contribution in [3.05, 3.63) is 107 Å². The van der Waals surface area contributed by atoms with Gasteiger partial charge in [0.05, 0.1) is 5.69 Å². The molecule has 0 aromatic heterocycles. The Morgan fingerprint density at radius 1 is 0.897 bits per heavy atom. The summed E-state index contributed by atoms with van der Waals surface area (Å²) < 4.78 is 19.3. The standard InChI is InChI=1S/C26H22FNO/c1-18-7-8-19(2)25(15-18)28-16-24-23-6-4-3-5-21(23)11-14-26(24)29-17-20-9-12-22(27)13-10-20/h3-16H,17H2,1-2H3. The average Bonchev–Trinajstić information content (AvgIpc) is 2.74. The van der Waals surface area contributed by atoms with Crippen LogP contribution in [0.15, 0.2) is 83.9 Å². The minimum Gasteiger partial charge on any atom is -0.488 e. The Hall–Kier alpha value is -3.46. The maximum Gasteiger partial charge on any atom is 0.129 e. The highest BCUT2D eigenvalue weighted by molar-refractivity contribution is 6.03. The summed E-state index contributed by atoms with van der Waals surface area (Å²) in [5.74, 6) is 0.503. The Morgan fingerprint density at radius 3 is 2.52 bits per heavy atom. The number of halogens is 1. The third kappa shape index (κ3) is 4.35. The topological polar surface area (TPSA) is 21.6 Å². The van der Waals surface area contributed by atoms with Crippen LogP contribution in [0.3, 0.4) is 0 Å². The van der Waals surface area contributed by atoms with E-state index in [0.29, 0.717) is 6.61 Å². The van der Waals surface area contributed by atoms with Gasteiger partial charge in [0.15, 0.2) is 0 Å². The van der Waals surface area contributed by atoms with E-state index in [1.54, 1.807) is 12.1 Å². The molecule has 0 heterocycles. The van der Waals surface area contributed by atoms with E-state index in [-0.39, 0.29) is 5.82 Å². The fourth-order valence-electron chi connectivity index (χ4n) is 3.27. The molecule has 0 aliphatic heterocycles. The maximum absolute atomic E-state index is 13.2.